The molecule has 1 saturated heterocycles. The Kier molecular flexibility index (Phi) is 6.74. The maximum absolute atomic E-state index is 12.8. The summed E-state index contributed by atoms with van der Waals surface area (Å²) in [6, 6.07) is 17.9. The molecule has 150 valence electrons. The Bertz CT molecular complexity index is 755. The number of carbonyl (C=O) groups excluding carboxylic acids is 1. The molecule has 0 aromatic heterocycles. The van der Waals surface area contributed by atoms with Crippen molar-refractivity contribution in [3.05, 3.63) is 60.2 Å². The second kappa shape index (κ2) is 9.24. The van der Waals surface area contributed by atoms with Crippen molar-refractivity contribution in [3.8, 4) is 5.75 Å². The van der Waals surface area contributed by atoms with Crippen molar-refractivity contribution in [2.45, 2.75) is 45.1 Å². The van der Waals surface area contributed by atoms with Crippen LogP contribution in [0.2, 0.25) is 0 Å². The molecule has 4 nitrogen and oxygen atoms in total. The lowest BCUT2D eigenvalue weighted by molar-refractivity contribution is -0.119. The molecule has 2 atom stereocenters. The molecule has 0 bridgehead atoms. The van der Waals surface area contributed by atoms with Crippen LogP contribution in [0.4, 0.5) is 5.69 Å². The Morgan fingerprint density at radius 2 is 1.89 bits per heavy atom. The van der Waals surface area contributed by atoms with E-state index in [0.29, 0.717) is 18.3 Å². The summed E-state index contributed by atoms with van der Waals surface area (Å²) in [5.74, 6) is 1.62. The van der Waals surface area contributed by atoms with Gasteiger partial charge in [0, 0.05) is 18.7 Å². The SMILES string of the molecule is COc1ccc(NC(=O)CC(Cc2ccccc2)C2CCOC(C)(C)C2)cc1. The van der Waals surface area contributed by atoms with E-state index in [0.717, 1.165) is 37.3 Å². The molecule has 1 heterocycles. The highest BCUT2D eigenvalue weighted by atomic mass is 16.5. The number of hydrogen-bond acceptors (Lipinski definition) is 3. The zero-order valence-corrected chi connectivity index (χ0v) is 17.1. The lowest BCUT2D eigenvalue weighted by Gasteiger charge is -2.39. The summed E-state index contributed by atoms with van der Waals surface area (Å²) in [6.07, 6.45) is 3.43. The van der Waals surface area contributed by atoms with Crippen molar-refractivity contribution in [1.29, 1.82) is 0 Å². The first kappa shape index (κ1) is 20.4. The Labute approximate surface area is 168 Å². The van der Waals surface area contributed by atoms with Crippen molar-refractivity contribution in [2.24, 2.45) is 11.8 Å². The van der Waals surface area contributed by atoms with Crippen molar-refractivity contribution in [1.82, 2.24) is 0 Å². The zero-order chi connectivity index (χ0) is 20.0. The highest BCUT2D eigenvalue weighted by Crippen LogP contribution is 2.36. The second-order valence-electron chi connectivity index (χ2n) is 8.29. The number of carbonyl (C=O) groups is 1. The van der Waals surface area contributed by atoms with Gasteiger partial charge in [-0.3, -0.25) is 4.79 Å². The zero-order valence-electron chi connectivity index (χ0n) is 17.1. The van der Waals surface area contributed by atoms with Crippen LogP contribution in [0.15, 0.2) is 54.6 Å². The fourth-order valence-corrected chi connectivity index (χ4v) is 4.13. The molecule has 0 aliphatic carbocycles. The third kappa shape index (κ3) is 5.83. The number of hydrogen-bond donors (Lipinski definition) is 1. The fraction of sp³-hybridized carbons (Fsp3) is 0.458. The van der Waals surface area contributed by atoms with Crippen LogP contribution in [0.5, 0.6) is 5.75 Å². The minimum Gasteiger partial charge on any atom is -0.497 e. The van der Waals surface area contributed by atoms with E-state index >= 15 is 0 Å². The number of nitrogens with one attached hydrogen (secondary N) is 1. The van der Waals surface area contributed by atoms with Gasteiger partial charge in [-0.1, -0.05) is 30.3 Å². The topological polar surface area (TPSA) is 47.6 Å². The summed E-state index contributed by atoms with van der Waals surface area (Å²) in [7, 11) is 1.64. The van der Waals surface area contributed by atoms with Gasteiger partial charge < -0.3 is 14.8 Å². The minimum absolute atomic E-state index is 0.0652. The van der Waals surface area contributed by atoms with Gasteiger partial charge >= 0.3 is 0 Å². The van der Waals surface area contributed by atoms with Gasteiger partial charge in [0.25, 0.3) is 0 Å². The molecule has 2 unspecified atom stereocenters. The molecule has 1 aliphatic heterocycles. The van der Waals surface area contributed by atoms with Crippen LogP contribution in [0, 0.1) is 11.8 Å². The molecule has 0 radical (unpaired) electrons. The summed E-state index contributed by atoms with van der Waals surface area (Å²) < 4.78 is 11.1. The van der Waals surface area contributed by atoms with Gasteiger partial charge in [-0.25, -0.2) is 0 Å². The highest BCUT2D eigenvalue weighted by molar-refractivity contribution is 5.90. The quantitative estimate of drug-likeness (QED) is 0.727. The average molecular weight is 382 g/mol. The number of rotatable bonds is 7. The van der Waals surface area contributed by atoms with Crippen LogP contribution in [0.25, 0.3) is 0 Å². The number of benzene rings is 2. The number of anilines is 1. The van der Waals surface area contributed by atoms with Crippen molar-refractivity contribution < 1.29 is 14.3 Å². The van der Waals surface area contributed by atoms with Crippen molar-refractivity contribution in [2.75, 3.05) is 19.0 Å². The van der Waals surface area contributed by atoms with E-state index in [1.807, 2.05) is 30.3 Å². The summed E-state index contributed by atoms with van der Waals surface area (Å²) in [5, 5.41) is 3.04. The van der Waals surface area contributed by atoms with Gasteiger partial charge in [-0.2, -0.15) is 0 Å². The Hall–Kier alpha value is -2.33. The van der Waals surface area contributed by atoms with Gasteiger partial charge in [0.2, 0.25) is 5.91 Å². The van der Waals surface area contributed by atoms with Gasteiger partial charge in [0.05, 0.1) is 12.7 Å². The monoisotopic (exact) mass is 381 g/mol. The lowest BCUT2D eigenvalue weighted by Crippen LogP contribution is -2.38. The molecule has 0 spiro atoms. The van der Waals surface area contributed by atoms with Gasteiger partial charge in [-0.05, 0) is 74.8 Å². The molecule has 1 amide bonds. The predicted octanol–water partition coefficient (Wildman–Crippen LogP) is 5.09. The Balaban J connectivity index is 1.69. The molecule has 28 heavy (non-hydrogen) atoms. The smallest absolute Gasteiger partial charge is 0.224 e. The Morgan fingerprint density at radius 3 is 2.54 bits per heavy atom. The second-order valence-corrected chi connectivity index (χ2v) is 8.29. The molecule has 3 rings (SSSR count). The molecule has 0 saturated carbocycles. The summed E-state index contributed by atoms with van der Waals surface area (Å²) in [5.41, 5.74) is 1.97. The van der Waals surface area contributed by atoms with Crippen LogP contribution >= 0.6 is 0 Å². The number of methoxy groups -OCH3 is 1. The number of ether oxygens (including phenoxy) is 2. The molecule has 4 heteroatoms. The molecule has 1 fully saturated rings. The first-order valence-corrected chi connectivity index (χ1v) is 10.1. The third-order valence-corrected chi connectivity index (χ3v) is 5.56. The molecule has 2 aromatic rings. The van der Waals surface area contributed by atoms with Crippen LogP contribution in [-0.2, 0) is 16.0 Å². The summed E-state index contributed by atoms with van der Waals surface area (Å²) in [6.45, 7) is 5.06. The van der Waals surface area contributed by atoms with E-state index in [1.165, 1.54) is 5.56 Å². The van der Waals surface area contributed by atoms with Crippen LogP contribution < -0.4 is 10.1 Å². The van der Waals surface area contributed by atoms with Crippen LogP contribution in [0.1, 0.15) is 38.7 Å². The molecule has 1 aliphatic rings. The predicted molar refractivity (Wildman–Crippen MR) is 113 cm³/mol. The van der Waals surface area contributed by atoms with Crippen molar-refractivity contribution >= 4 is 11.6 Å². The molecule has 1 N–H and O–H groups in total. The minimum atomic E-state index is -0.121. The van der Waals surface area contributed by atoms with E-state index < -0.39 is 0 Å². The van der Waals surface area contributed by atoms with E-state index in [-0.39, 0.29) is 11.5 Å². The fourth-order valence-electron chi connectivity index (χ4n) is 4.13. The largest absolute Gasteiger partial charge is 0.497 e. The average Bonchev–Trinajstić information content (AvgIpc) is 2.68. The Morgan fingerprint density at radius 1 is 1.18 bits per heavy atom. The van der Waals surface area contributed by atoms with E-state index in [9.17, 15) is 4.79 Å². The highest BCUT2D eigenvalue weighted by Gasteiger charge is 2.34. The molecular weight excluding hydrogens is 350 g/mol. The maximum atomic E-state index is 12.8. The van der Waals surface area contributed by atoms with Gasteiger partial charge in [0.15, 0.2) is 0 Å². The maximum Gasteiger partial charge on any atom is 0.224 e. The van der Waals surface area contributed by atoms with E-state index in [4.69, 9.17) is 9.47 Å². The normalized spacial score (nSPS) is 19.6. The third-order valence-electron chi connectivity index (χ3n) is 5.56. The van der Waals surface area contributed by atoms with E-state index in [2.05, 4.69) is 43.4 Å². The van der Waals surface area contributed by atoms with Crippen LogP contribution in [-0.4, -0.2) is 25.2 Å². The van der Waals surface area contributed by atoms with E-state index in [1.54, 1.807) is 7.11 Å². The van der Waals surface area contributed by atoms with Crippen molar-refractivity contribution in [3.63, 3.8) is 0 Å². The standard InChI is InChI=1S/C24H31NO3/c1-24(2)17-19(13-14-28-24)20(15-18-7-5-4-6-8-18)16-23(26)25-21-9-11-22(27-3)12-10-21/h4-12,19-20H,13-17H2,1-3H3,(H,25,26). The summed E-state index contributed by atoms with van der Waals surface area (Å²) >= 11 is 0. The summed E-state index contributed by atoms with van der Waals surface area (Å²) in [4.78, 5) is 12.8. The molecule has 2 aromatic carbocycles. The molecular formula is C24H31NO3. The first-order chi connectivity index (χ1) is 13.4. The first-order valence-electron chi connectivity index (χ1n) is 10.1. The van der Waals surface area contributed by atoms with Crippen LogP contribution in [0.3, 0.4) is 0 Å². The number of amides is 1. The van der Waals surface area contributed by atoms with Gasteiger partial charge in [-0.15, -0.1) is 0 Å². The lowest BCUT2D eigenvalue weighted by atomic mass is 9.75. The van der Waals surface area contributed by atoms with Gasteiger partial charge in [0.1, 0.15) is 5.75 Å².